The summed E-state index contributed by atoms with van der Waals surface area (Å²) in [5, 5.41) is 4.94. The molecule has 0 bridgehead atoms. The number of carbonyl (C=O) groups excluding carboxylic acids is 1. The van der Waals surface area contributed by atoms with Gasteiger partial charge >= 0.3 is 6.03 Å². The molecule has 0 aliphatic carbocycles. The Hall–Kier alpha value is -2.63. The predicted molar refractivity (Wildman–Crippen MR) is 67.7 cm³/mol. The number of halogens is 1. The van der Waals surface area contributed by atoms with Gasteiger partial charge in [0.1, 0.15) is 5.82 Å². The molecule has 2 aromatic rings. The molecule has 2 amide bonds. The number of hydrogen-bond acceptors (Lipinski definition) is 3. The molecule has 0 atom stereocenters. The number of carbonyl (C=O) groups is 1. The van der Waals surface area contributed by atoms with E-state index in [2.05, 4.69) is 15.6 Å². The van der Waals surface area contributed by atoms with Crippen molar-refractivity contribution in [3.8, 4) is 0 Å². The van der Waals surface area contributed by atoms with Crippen molar-refractivity contribution in [2.75, 3.05) is 16.4 Å². The van der Waals surface area contributed by atoms with Gasteiger partial charge in [-0.25, -0.2) is 14.2 Å². The average Bonchev–Trinajstić information content (AvgIpc) is 2.32. The molecule has 18 heavy (non-hydrogen) atoms. The molecule has 0 aliphatic heterocycles. The Balaban J connectivity index is 2.03. The molecule has 0 unspecified atom stereocenters. The molecule has 0 saturated heterocycles. The first-order chi connectivity index (χ1) is 8.65. The van der Waals surface area contributed by atoms with E-state index < -0.39 is 11.8 Å². The van der Waals surface area contributed by atoms with Crippen molar-refractivity contribution in [3.63, 3.8) is 0 Å². The second-order valence-corrected chi connectivity index (χ2v) is 3.53. The number of hydrogen-bond donors (Lipinski definition) is 3. The fourth-order valence-electron chi connectivity index (χ4n) is 1.36. The molecule has 1 aromatic heterocycles. The normalized spacial score (nSPS) is 9.83. The minimum Gasteiger partial charge on any atom is -0.396 e. The molecule has 0 radical (unpaired) electrons. The summed E-state index contributed by atoms with van der Waals surface area (Å²) in [5.74, 6) is -0.170. The number of nitrogen functional groups attached to an aromatic ring is 1. The second-order valence-electron chi connectivity index (χ2n) is 3.53. The monoisotopic (exact) mass is 246 g/mol. The molecule has 0 aliphatic rings. The average molecular weight is 246 g/mol. The fraction of sp³-hybridized carbons (Fsp3) is 0. The van der Waals surface area contributed by atoms with Crippen molar-refractivity contribution in [1.82, 2.24) is 4.98 Å². The number of nitrogens with zero attached hydrogens (tertiary/aromatic N) is 1. The van der Waals surface area contributed by atoms with Crippen LogP contribution in [-0.2, 0) is 0 Å². The summed E-state index contributed by atoms with van der Waals surface area (Å²) in [5.41, 5.74) is 6.32. The summed E-state index contributed by atoms with van der Waals surface area (Å²) >= 11 is 0. The lowest BCUT2D eigenvalue weighted by molar-refractivity contribution is 0.262. The van der Waals surface area contributed by atoms with Gasteiger partial charge in [-0.05, 0) is 30.3 Å². The van der Waals surface area contributed by atoms with Crippen molar-refractivity contribution in [1.29, 1.82) is 0 Å². The summed E-state index contributed by atoms with van der Waals surface area (Å²) in [4.78, 5) is 15.5. The van der Waals surface area contributed by atoms with Gasteiger partial charge in [0, 0.05) is 11.9 Å². The number of urea groups is 1. The zero-order valence-electron chi connectivity index (χ0n) is 9.35. The fourth-order valence-corrected chi connectivity index (χ4v) is 1.36. The molecule has 2 rings (SSSR count). The molecule has 92 valence electrons. The standard InChI is InChI=1S/C12H11FN4O/c13-8-3-1-4-9(7-8)16-12(18)17-11-10(14)5-2-6-15-11/h1-7H,14H2,(H2,15,16,17,18). The van der Waals surface area contributed by atoms with Gasteiger partial charge in [0.2, 0.25) is 0 Å². The number of pyridine rings is 1. The lowest BCUT2D eigenvalue weighted by atomic mass is 10.3. The molecule has 0 fully saturated rings. The van der Waals surface area contributed by atoms with Crippen molar-refractivity contribution >= 4 is 23.2 Å². The van der Waals surface area contributed by atoms with E-state index in [4.69, 9.17) is 5.73 Å². The van der Waals surface area contributed by atoms with Crippen LogP contribution in [0.5, 0.6) is 0 Å². The highest BCUT2D eigenvalue weighted by Gasteiger charge is 2.06. The van der Waals surface area contributed by atoms with Crippen LogP contribution in [0.4, 0.5) is 26.4 Å². The van der Waals surface area contributed by atoms with Gasteiger partial charge in [-0.2, -0.15) is 0 Å². The zero-order valence-corrected chi connectivity index (χ0v) is 9.35. The number of nitrogens with one attached hydrogen (secondary N) is 2. The molecule has 1 heterocycles. The van der Waals surface area contributed by atoms with E-state index in [-0.39, 0.29) is 5.82 Å². The summed E-state index contributed by atoms with van der Waals surface area (Å²) in [6, 6.07) is 8.31. The minimum atomic E-state index is -0.536. The SMILES string of the molecule is Nc1cccnc1NC(=O)Nc1cccc(F)c1. The first kappa shape index (κ1) is 11.8. The Kier molecular flexibility index (Phi) is 3.38. The Morgan fingerprint density at radius 2 is 2.06 bits per heavy atom. The van der Waals surface area contributed by atoms with Gasteiger partial charge < -0.3 is 11.1 Å². The minimum absolute atomic E-state index is 0.256. The predicted octanol–water partition coefficient (Wildman–Crippen LogP) is 2.45. The second kappa shape index (κ2) is 5.13. The maximum absolute atomic E-state index is 12.9. The van der Waals surface area contributed by atoms with Crippen LogP contribution in [-0.4, -0.2) is 11.0 Å². The summed E-state index contributed by atoms with van der Waals surface area (Å²) < 4.78 is 12.9. The van der Waals surface area contributed by atoms with Crippen LogP contribution in [0.15, 0.2) is 42.6 Å². The van der Waals surface area contributed by atoms with Crippen LogP contribution in [0.25, 0.3) is 0 Å². The summed E-state index contributed by atoms with van der Waals surface area (Å²) in [6.07, 6.45) is 1.51. The van der Waals surface area contributed by atoms with Gasteiger partial charge in [-0.15, -0.1) is 0 Å². The number of nitrogens with two attached hydrogens (primary N) is 1. The largest absolute Gasteiger partial charge is 0.396 e. The van der Waals surface area contributed by atoms with Crippen LogP contribution in [0, 0.1) is 5.82 Å². The van der Waals surface area contributed by atoms with E-state index in [0.29, 0.717) is 11.4 Å². The highest BCUT2D eigenvalue weighted by atomic mass is 19.1. The number of amides is 2. The lowest BCUT2D eigenvalue weighted by Gasteiger charge is -2.08. The molecule has 4 N–H and O–H groups in total. The van der Waals surface area contributed by atoms with E-state index in [1.165, 1.54) is 24.4 Å². The Morgan fingerprint density at radius 3 is 2.78 bits per heavy atom. The quantitative estimate of drug-likeness (QED) is 0.761. The Bertz CT molecular complexity index is 574. The van der Waals surface area contributed by atoms with Crippen molar-refractivity contribution < 1.29 is 9.18 Å². The molecule has 0 saturated carbocycles. The van der Waals surface area contributed by atoms with Gasteiger partial charge in [0.25, 0.3) is 0 Å². The molecule has 5 nitrogen and oxygen atoms in total. The zero-order chi connectivity index (χ0) is 13.0. The number of anilines is 3. The number of rotatable bonds is 2. The van der Waals surface area contributed by atoms with Crippen LogP contribution >= 0.6 is 0 Å². The van der Waals surface area contributed by atoms with Gasteiger partial charge in [0.05, 0.1) is 5.69 Å². The van der Waals surface area contributed by atoms with E-state index in [0.717, 1.165) is 0 Å². The molecule has 0 spiro atoms. The topological polar surface area (TPSA) is 80.0 Å². The third-order valence-corrected chi connectivity index (χ3v) is 2.15. The van der Waals surface area contributed by atoms with Gasteiger partial charge in [-0.1, -0.05) is 6.07 Å². The highest BCUT2D eigenvalue weighted by Crippen LogP contribution is 2.14. The van der Waals surface area contributed by atoms with Crippen LogP contribution < -0.4 is 16.4 Å². The summed E-state index contributed by atoms with van der Waals surface area (Å²) in [6.45, 7) is 0. The summed E-state index contributed by atoms with van der Waals surface area (Å²) in [7, 11) is 0. The highest BCUT2D eigenvalue weighted by molar-refractivity contribution is 6.00. The maximum Gasteiger partial charge on any atom is 0.324 e. The maximum atomic E-state index is 12.9. The third kappa shape index (κ3) is 2.94. The van der Waals surface area contributed by atoms with Gasteiger partial charge in [0.15, 0.2) is 5.82 Å². The smallest absolute Gasteiger partial charge is 0.324 e. The number of aromatic nitrogens is 1. The molecular weight excluding hydrogens is 235 g/mol. The van der Waals surface area contributed by atoms with E-state index >= 15 is 0 Å². The molecule has 1 aromatic carbocycles. The third-order valence-electron chi connectivity index (χ3n) is 2.15. The molecular formula is C12H11FN4O. The Labute approximate surface area is 103 Å². The van der Waals surface area contributed by atoms with Crippen LogP contribution in [0.2, 0.25) is 0 Å². The van der Waals surface area contributed by atoms with Gasteiger partial charge in [-0.3, -0.25) is 5.32 Å². The van der Waals surface area contributed by atoms with E-state index in [1.54, 1.807) is 18.2 Å². The van der Waals surface area contributed by atoms with E-state index in [9.17, 15) is 9.18 Å². The van der Waals surface area contributed by atoms with E-state index in [1.807, 2.05) is 0 Å². The van der Waals surface area contributed by atoms with Crippen molar-refractivity contribution in [3.05, 3.63) is 48.4 Å². The van der Waals surface area contributed by atoms with Crippen molar-refractivity contribution in [2.45, 2.75) is 0 Å². The van der Waals surface area contributed by atoms with Crippen LogP contribution in [0.1, 0.15) is 0 Å². The Morgan fingerprint density at radius 1 is 1.22 bits per heavy atom. The molecule has 6 heteroatoms. The first-order valence-electron chi connectivity index (χ1n) is 5.19. The first-order valence-corrected chi connectivity index (χ1v) is 5.19. The number of benzene rings is 1. The van der Waals surface area contributed by atoms with Crippen molar-refractivity contribution in [2.24, 2.45) is 0 Å². The lowest BCUT2D eigenvalue weighted by Crippen LogP contribution is -2.20. The van der Waals surface area contributed by atoms with Crippen LogP contribution in [0.3, 0.4) is 0 Å².